The van der Waals surface area contributed by atoms with E-state index in [-0.39, 0.29) is 6.04 Å². The average Bonchev–Trinajstić information content (AvgIpc) is 2.97. The number of ether oxygens (including phenoxy) is 2. The predicted octanol–water partition coefficient (Wildman–Crippen LogP) is 3.85. The summed E-state index contributed by atoms with van der Waals surface area (Å²) in [5.41, 5.74) is 1.21. The van der Waals surface area contributed by atoms with Gasteiger partial charge in [-0.3, -0.25) is 0 Å². The quantitative estimate of drug-likeness (QED) is 0.840. The second-order valence-electron chi connectivity index (χ2n) is 4.55. The molecule has 0 aliphatic heterocycles. The highest BCUT2D eigenvalue weighted by atomic mass is 32.1. The third kappa shape index (κ3) is 3.52. The maximum absolute atomic E-state index is 5.32. The van der Waals surface area contributed by atoms with E-state index >= 15 is 0 Å². The van der Waals surface area contributed by atoms with E-state index in [2.05, 4.69) is 30.4 Å². The highest BCUT2D eigenvalue weighted by molar-refractivity contribution is 7.10. The first-order valence-corrected chi connectivity index (χ1v) is 7.66. The van der Waals surface area contributed by atoms with E-state index in [1.54, 1.807) is 25.6 Å². The predicted molar refractivity (Wildman–Crippen MR) is 84.0 cm³/mol. The molecule has 0 aliphatic carbocycles. The lowest BCUT2D eigenvalue weighted by Gasteiger charge is -2.18. The molecule has 0 saturated heterocycles. The monoisotopic (exact) mass is 291 g/mol. The average molecular weight is 291 g/mol. The largest absolute Gasteiger partial charge is 0.497 e. The van der Waals surface area contributed by atoms with Crippen LogP contribution in [-0.2, 0) is 0 Å². The van der Waals surface area contributed by atoms with E-state index in [4.69, 9.17) is 9.47 Å². The molecular weight excluding hydrogens is 270 g/mol. The first-order chi connectivity index (χ1) is 9.78. The molecule has 0 fully saturated rings. The van der Waals surface area contributed by atoms with E-state index in [9.17, 15) is 0 Å². The van der Waals surface area contributed by atoms with Crippen LogP contribution in [0.15, 0.2) is 35.7 Å². The minimum absolute atomic E-state index is 0.180. The van der Waals surface area contributed by atoms with Crippen LogP contribution in [0.1, 0.15) is 29.8 Å². The molecule has 1 N–H and O–H groups in total. The van der Waals surface area contributed by atoms with Crippen LogP contribution in [0.3, 0.4) is 0 Å². The number of hydrogen-bond donors (Lipinski definition) is 1. The molecule has 0 spiro atoms. The molecule has 1 atom stereocenters. The van der Waals surface area contributed by atoms with Crippen molar-refractivity contribution in [3.63, 3.8) is 0 Å². The molecule has 0 aliphatic rings. The molecule has 2 aromatic rings. The highest BCUT2D eigenvalue weighted by Crippen LogP contribution is 2.32. The van der Waals surface area contributed by atoms with E-state index < -0.39 is 0 Å². The van der Waals surface area contributed by atoms with Gasteiger partial charge in [0.15, 0.2) is 0 Å². The van der Waals surface area contributed by atoms with Gasteiger partial charge in [-0.15, -0.1) is 11.3 Å². The van der Waals surface area contributed by atoms with Gasteiger partial charge < -0.3 is 14.8 Å². The zero-order valence-corrected chi connectivity index (χ0v) is 13.0. The third-order valence-corrected chi connectivity index (χ3v) is 4.12. The minimum Gasteiger partial charge on any atom is -0.497 e. The highest BCUT2D eigenvalue weighted by Gasteiger charge is 2.16. The number of nitrogens with one attached hydrogen (secondary N) is 1. The first-order valence-electron chi connectivity index (χ1n) is 6.78. The van der Waals surface area contributed by atoms with E-state index in [1.165, 1.54) is 10.4 Å². The zero-order valence-electron chi connectivity index (χ0n) is 12.2. The normalized spacial score (nSPS) is 12.2. The van der Waals surface area contributed by atoms with Gasteiger partial charge in [-0.05, 0) is 36.7 Å². The number of rotatable bonds is 7. The van der Waals surface area contributed by atoms with Crippen molar-refractivity contribution < 1.29 is 9.47 Å². The Labute approximate surface area is 124 Å². The summed E-state index contributed by atoms with van der Waals surface area (Å²) in [6, 6.07) is 10.5. The SMILES string of the molecule is CCCNC(c1cccc(OC)c1)c1cc(OC)cs1. The lowest BCUT2D eigenvalue weighted by atomic mass is 10.0. The Morgan fingerprint density at radius 3 is 2.60 bits per heavy atom. The first kappa shape index (κ1) is 14.9. The number of methoxy groups -OCH3 is 2. The van der Waals surface area contributed by atoms with Crippen LogP contribution in [-0.4, -0.2) is 20.8 Å². The van der Waals surface area contributed by atoms with Crippen molar-refractivity contribution in [1.82, 2.24) is 5.32 Å². The Balaban J connectivity index is 2.30. The second kappa shape index (κ2) is 7.31. The molecule has 0 saturated carbocycles. The lowest BCUT2D eigenvalue weighted by Crippen LogP contribution is -2.22. The Bertz CT molecular complexity index is 539. The molecule has 3 nitrogen and oxygen atoms in total. The molecule has 0 amide bonds. The molecule has 0 radical (unpaired) electrons. The van der Waals surface area contributed by atoms with Crippen molar-refractivity contribution in [3.05, 3.63) is 46.2 Å². The molecule has 1 aromatic carbocycles. The second-order valence-corrected chi connectivity index (χ2v) is 5.50. The van der Waals surface area contributed by atoms with Crippen molar-refractivity contribution in [2.45, 2.75) is 19.4 Å². The summed E-state index contributed by atoms with van der Waals surface area (Å²) in [6.45, 7) is 3.15. The van der Waals surface area contributed by atoms with E-state index in [0.717, 1.165) is 24.5 Å². The van der Waals surface area contributed by atoms with Crippen LogP contribution in [0.2, 0.25) is 0 Å². The molecular formula is C16H21NO2S. The summed E-state index contributed by atoms with van der Waals surface area (Å²) < 4.78 is 10.6. The fourth-order valence-electron chi connectivity index (χ4n) is 2.09. The number of thiophene rings is 1. The fraction of sp³-hybridized carbons (Fsp3) is 0.375. The summed E-state index contributed by atoms with van der Waals surface area (Å²) in [5.74, 6) is 1.80. The van der Waals surface area contributed by atoms with Gasteiger partial charge in [0.25, 0.3) is 0 Å². The summed E-state index contributed by atoms with van der Waals surface area (Å²) in [5, 5.41) is 5.63. The van der Waals surface area contributed by atoms with Gasteiger partial charge in [-0.2, -0.15) is 0 Å². The smallest absolute Gasteiger partial charge is 0.129 e. The van der Waals surface area contributed by atoms with Crippen molar-refractivity contribution in [1.29, 1.82) is 0 Å². The topological polar surface area (TPSA) is 30.5 Å². The summed E-state index contributed by atoms with van der Waals surface area (Å²) in [6.07, 6.45) is 1.10. The standard InChI is InChI=1S/C16H21NO2S/c1-4-8-17-16(15-10-14(19-3)11-20-15)12-6-5-7-13(9-12)18-2/h5-7,9-11,16-17H,4,8H2,1-3H3. The van der Waals surface area contributed by atoms with Crippen LogP contribution in [0, 0.1) is 0 Å². The van der Waals surface area contributed by atoms with Crippen molar-refractivity contribution >= 4 is 11.3 Å². The van der Waals surface area contributed by atoms with Crippen LogP contribution < -0.4 is 14.8 Å². The van der Waals surface area contributed by atoms with Gasteiger partial charge >= 0.3 is 0 Å². The van der Waals surface area contributed by atoms with Gasteiger partial charge in [0.05, 0.1) is 20.3 Å². The summed E-state index contributed by atoms with van der Waals surface area (Å²) in [4.78, 5) is 1.25. The Morgan fingerprint density at radius 2 is 1.95 bits per heavy atom. The summed E-state index contributed by atoms with van der Waals surface area (Å²) in [7, 11) is 3.40. The number of hydrogen-bond acceptors (Lipinski definition) is 4. The maximum atomic E-state index is 5.32. The van der Waals surface area contributed by atoms with Gasteiger partial charge in [0, 0.05) is 10.3 Å². The minimum atomic E-state index is 0.180. The molecule has 0 bridgehead atoms. The van der Waals surface area contributed by atoms with Gasteiger partial charge in [0.1, 0.15) is 11.5 Å². The molecule has 4 heteroatoms. The van der Waals surface area contributed by atoms with Crippen LogP contribution in [0.4, 0.5) is 0 Å². The van der Waals surface area contributed by atoms with Crippen LogP contribution in [0.5, 0.6) is 11.5 Å². The fourth-order valence-corrected chi connectivity index (χ4v) is 3.04. The Morgan fingerprint density at radius 1 is 1.15 bits per heavy atom. The van der Waals surface area contributed by atoms with Crippen LogP contribution in [0.25, 0.3) is 0 Å². The third-order valence-electron chi connectivity index (χ3n) is 3.14. The molecule has 108 valence electrons. The molecule has 20 heavy (non-hydrogen) atoms. The van der Waals surface area contributed by atoms with Crippen molar-refractivity contribution in [2.24, 2.45) is 0 Å². The molecule has 2 rings (SSSR count). The molecule has 1 unspecified atom stereocenters. The van der Waals surface area contributed by atoms with E-state index in [0.29, 0.717) is 0 Å². The summed E-state index contributed by atoms with van der Waals surface area (Å²) >= 11 is 1.71. The van der Waals surface area contributed by atoms with Gasteiger partial charge in [-0.25, -0.2) is 0 Å². The molecule has 1 heterocycles. The van der Waals surface area contributed by atoms with Crippen molar-refractivity contribution in [2.75, 3.05) is 20.8 Å². The zero-order chi connectivity index (χ0) is 14.4. The van der Waals surface area contributed by atoms with Crippen LogP contribution >= 0.6 is 11.3 Å². The lowest BCUT2D eigenvalue weighted by molar-refractivity contribution is 0.413. The Hall–Kier alpha value is -1.52. The molecule has 1 aromatic heterocycles. The van der Waals surface area contributed by atoms with Crippen molar-refractivity contribution in [3.8, 4) is 11.5 Å². The number of benzene rings is 1. The van der Waals surface area contributed by atoms with Gasteiger partial charge in [-0.1, -0.05) is 19.1 Å². The van der Waals surface area contributed by atoms with E-state index in [1.807, 2.05) is 17.5 Å². The van der Waals surface area contributed by atoms with Gasteiger partial charge in [0.2, 0.25) is 0 Å². The maximum Gasteiger partial charge on any atom is 0.129 e. The Kier molecular flexibility index (Phi) is 5.44.